The highest BCUT2D eigenvalue weighted by molar-refractivity contribution is 6.31. The number of hydrogen-bond acceptors (Lipinski definition) is 4. The molecule has 0 saturated carbocycles. The number of rotatable bonds is 5. The highest BCUT2D eigenvalue weighted by atomic mass is 35.5. The van der Waals surface area contributed by atoms with Gasteiger partial charge in [0, 0.05) is 18.8 Å². The van der Waals surface area contributed by atoms with Gasteiger partial charge >= 0.3 is 6.18 Å². The van der Waals surface area contributed by atoms with Crippen LogP contribution in [0.2, 0.25) is 5.02 Å². The number of hydrogen-bond donors (Lipinski definition) is 0. The summed E-state index contributed by atoms with van der Waals surface area (Å²) in [4.78, 5) is 14.4. The molecule has 0 N–H and O–H groups in total. The maximum absolute atomic E-state index is 13.0. The van der Waals surface area contributed by atoms with Gasteiger partial charge in [0.2, 0.25) is 5.88 Å². The first kappa shape index (κ1) is 20.6. The fourth-order valence-electron chi connectivity index (χ4n) is 2.40. The van der Waals surface area contributed by atoms with Crippen LogP contribution in [0, 0.1) is 6.92 Å². The summed E-state index contributed by atoms with van der Waals surface area (Å²) in [5.74, 6) is 0.894. The Morgan fingerprint density at radius 2 is 1.93 bits per heavy atom. The molecule has 3 aromatic rings. The van der Waals surface area contributed by atoms with E-state index in [4.69, 9.17) is 16.3 Å². The van der Waals surface area contributed by atoms with Crippen molar-refractivity contribution < 1.29 is 17.9 Å². The molecule has 0 aliphatic rings. The van der Waals surface area contributed by atoms with Gasteiger partial charge in [-0.05, 0) is 43.3 Å². The molecule has 0 spiro atoms. The van der Waals surface area contributed by atoms with Crippen molar-refractivity contribution in [1.82, 2.24) is 9.97 Å². The topological polar surface area (TPSA) is 50.6 Å². The molecule has 5 nitrogen and oxygen atoms in total. The van der Waals surface area contributed by atoms with E-state index in [0.29, 0.717) is 11.3 Å². The Balaban J connectivity index is 1.76. The Labute approximate surface area is 170 Å². The van der Waals surface area contributed by atoms with Gasteiger partial charge in [-0.3, -0.25) is 0 Å². The Bertz CT molecular complexity index is 1030. The van der Waals surface area contributed by atoms with Crippen LogP contribution in [-0.2, 0) is 6.18 Å². The fourth-order valence-corrected chi connectivity index (χ4v) is 2.62. The van der Waals surface area contributed by atoms with Crippen molar-refractivity contribution >= 4 is 29.4 Å². The Morgan fingerprint density at radius 3 is 2.59 bits per heavy atom. The summed E-state index contributed by atoms with van der Waals surface area (Å²) < 4.78 is 44.5. The maximum Gasteiger partial charge on any atom is 0.417 e. The van der Waals surface area contributed by atoms with E-state index in [2.05, 4.69) is 15.0 Å². The van der Waals surface area contributed by atoms with Crippen molar-refractivity contribution in [3.05, 3.63) is 71.0 Å². The molecule has 150 valence electrons. The molecule has 9 heteroatoms. The average molecular weight is 421 g/mol. The van der Waals surface area contributed by atoms with Crippen molar-refractivity contribution in [3.63, 3.8) is 0 Å². The molecule has 0 bridgehead atoms. The van der Waals surface area contributed by atoms with E-state index in [1.807, 2.05) is 25.2 Å². The van der Waals surface area contributed by atoms with Gasteiger partial charge in [-0.15, -0.1) is 0 Å². The summed E-state index contributed by atoms with van der Waals surface area (Å²) in [6.45, 7) is 1.73. The molecule has 0 atom stereocenters. The van der Waals surface area contributed by atoms with Crippen LogP contribution in [0.5, 0.6) is 11.6 Å². The monoisotopic (exact) mass is 420 g/mol. The first-order valence-electron chi connectivity index (χ1n) is 8.43. The number of benzene rings is 1. The minimum absolute atomic E-state index is 0.0107. The lowest BCUT2D eigenvalue weighted by Crippen LogP contribution is -2.15. The molecule has 0 radical (unpaired) electrons. The number of nitrogens with zero attached hydrogens (tertiary/aromatic N) is 4. The summed E-state index contributed by atoms with van der Waals surface area (Å²) in [5.41, 5.74) is 0.210. The molecule has 3 rings (SSSR count). The Hall–Kier alpha value is -3.13. The van der Waals surface area contributed by atoms with Gasteiger partial charge in [0.25, 0.3) is 0 Å². The second kappa shape index (κ2) is 8.48. The van der Waals surface area contributed by atoms with Gasteiger partial charge in [-0.25, -0.2) is 15.0 Å². The molecule has 0 amide bonds. The normalized spacial score (nSPS) is 11.7. The molecule has 29 heavy (non-hydrogen) atoms. The predicted molar refractivity (Wildman–Crippen MR) is 106 cm³/mol. The molecule has 0 unspecified atom stereocenters. The molecule has 0 aliphatic carbocycles. The van der Waals surface area contributed by atoms with E-state index in [9.17, 15) is 13.2 Å². The van der Waals surface area contributed by atoms with Gasteiger partial charge in [0.15, 0.2) is 0 Å². The summed E-state index contributed by atoms with van der Waals surface area (Å²) in [7, 11) is 1.81. The van der Waals surface area contributed by atoms with Crippen LogP contribution in [0.15, 0.2) is 59.9 Å². The Kier molecular flexibility index (Phi) is 6.03. The molecule has 2 heterocycles. The van der Waals surface area contributed by atoms with E-state index in [1.165, 1.54) is 12.3 Å². The number of aryl methyl sites for hydroxylation is 1. The van der Waals surface area contributed by atoms with Crippen LogP contribution < -0.4 is 9.64 Å². The van der Waals surface area contributed by atoms with Gasteiger partial charge < -0.3 is 9.64 Å². The third-order valence-corrected chi connectivity index (χ3v) is 4.19. The van der Waals surface area contributed by atoms with Crippen LogP contribution in [0.1, 0.15) is 11.1 Å². The predicted octanol–water partition coefficient (Wildman–Crippen LogP) is 6.05. The van der Waals surface area contributed by atoms with Crippen LogP contribution >= 0.6 is 11.6 Å². The number of anilines is 1. The molecular weight excluding hydrogens is 405 g/mol. The first-order chi connectivity index (χ1) is 13.7. The summed E-state index contributed by atoms with van der Waals surface area (Å²) in [6, 6.07) is 10.6. The number of aliphatic imine (C=N–C) groups is 1. The number of aromatic nitrogens is 2. The van der Waals surface area contributed by atoms with E-state index in [0.717, 1.165) is 18.0 Å². The van der Waals surface area contributed by atoms with Crippen molar-refractivity contribution in [2.24, 2.45) is 4.99 Å². The zero-order chi connectivity index (χ0) is 21.0. The largest absolute Gasteiger partial charge is 0.439 e. The van der Waals surface area contributed by atoms with E-state index in [-0.39, 0.29) is 11.6 Å². The van der Waals surface area contributed by atoms with Crippen molar-refractivity contribution in [2.75, 3.05) is 11.9 Å². The van der Waals surface area contributed by atoms with E-state index < -0.39 is 16.8 Å². The van der Waals surface area contributed by atoms with E-state index >= 15 is 0 Å². The number of ether oxygens (including phenoxy) is 1. The van der Waals surface area contributed by atoms with Crippen molar-refractivity contribution in [1.29, 1.82) is 0 Å². The molecule has 1 aromatic carbocycles. The maximum atomic E-state index is 13.0. The quantitative estimate of drug-likeness (QED) is 0.372. The highest BCUT2D eigenvalue weighted by Crippen LogP contribution is 2.38. The second-order valence-corrected chi connectivity index (χ2v) is 6.51. The molecule has 0 saturated heterocycles. The van der Waals surface area contributed by atoms with Gasteiger partial charge in [0.05, 0.1) is 28.8 Å². The smallest absolute Gasteiger partial charge is 0.417 e. The van der Waals surface area contributed by atoms with Crippen LogP contribution in [-0.4, -0.2) is 23.4 Å². The molecule has 0 fully saturated rings. The standard InChI is InChI=1S/C20H16ClF3N4O/c1-13-9-14(27-12-28(2)18-5-3-4-8-25-18)11-26-19(13)29-15-6-7-17(21)16(10-15)20(22,23)24/h3-12H,1-2H3. The van der Waals surface area contributed by atoms with Crippen LogP contribution in [0.3, 0.4) is 0 Å². The second-order valence-electron chi connectivity index (χ2n) is 6.10. The highest BCUT2D eigenvalue weighted by Gasteiger charge is 2.33. The SMILES string of the molecule is Cc1cc(N=CN(C)c2ccccn2)cnc1Oc1ccc(Cl)c(C(F)(F)F)c1. The van der Waals surface area contributed by atoms with Crippen molar-refractivity contribution in [2.45, 2.75) is 13.1 Å². The van der Waals surface area contributed by atoms with Gasteiger partial charge in [-0.2, -0.15) is 13.2 Å². The minimum Gasteiger partial charge on any atom is -0.439 e. The van der Waals surface area contributed by atoms with Crippen molar-refractivity contribution in [3.8, 4) is 11.6 Å². The zero-order valence-electron chi connectivity index (χ0n) is 15.5. The zero-order valence-corrected chi connectivity index (χ0v) is 16.2. The minimum atomic E-state index is -4.57. The average Bonchev–Trinajstić information content (AvgIpc) is 2.69. The first-order valence-corrected chi connectivity index (χ1v) is 8.81. The lowest BCUT2D eigenvalue weighted by atomic mass is 10.2. The van der Waals surface area contributed by atoms with Gasteiger partial charge in [-0.1, -0.05) is 17.7 Å². The number of pyridine rings is 2. The molecule has 0 aliphatic heterocycles. The molecular formula is C20H16ClF3N4O. The van der Waals surface area contributed by atoms with E-state index in [1.54, 1.807) is 30.4 Å². The Morgan fingerprint density at radius 1 is 1.14 bits per heavy atom. The summed E-state index contributed by atoms with van der Waals surface area (Å²) in [6.07, 6.45) is 0.162. The number of alkyl halides is 3. The number of halogens is 4. The fraction of sp³-hybridized carbons (Fsp3) is 0.150. The molecule has 2 aromatic heterocycles. The third kappa shape index (κ3) is 5.23. The summed E-state index contributed by atoms with van der Waals surface area (Å²) in [5, 5.41) is -0.392. The summed E-state index contributed by atoms with van der Waals surface area (Å²) >= 11 is 5.62. The van der Waals surface area contributed by atoms with Crippen LogP contribution in [0.4, 0.5) is 24.7 Å². The third-order valence-electron chi connectivity index (χ3n) is 3.86. The lowest BCUT2D eigenvalue weighted by molar-refractivity contribution is -0.137. The van der Waals surface area contributed by atoms with Gasteiger partial charge in [0.1, 0.15) is 11.6 Å². The van der Waals surface area contributed by atoms with Crippen LogP contribution in [0.25, 0.3) is 0 Å². The lowest BCUT2D eigenvalue weighted by Gasteiger charge is -2.13.